The van der Waals surface area contributed by atoms with Gasteiger partial charge < -0.3 is 14.2 Å². The molecule has 0 radical (unpaired) electrons. The predicted octanol–water partition coefficient (Wildman–Crippen LogP) is 4.95. The van der Waals surface area contributed by atoms with Crippen molar-refractivity contribution in [1.29, 1.82) is 0 Å². The average molecular weight is 472 g/mol. The molecule has 2 aliphatic heterocycles. The fourth-order valence-electron chi connectivity index (χ4n) is 5.85. The first-order valence-electron chi connectivity index (χ1n) is 13.1. The van der Waals surface area contributed by atoms with Crippen LogP contribution in [0.5, 0.6) is 0 Å². The molecule has 0 bridgehead atoms. The van der Waals surface area contributed by atoms with Crippen molar-refractivity contribution in [2.45, 2.75) is 57.3 Å². The van der Waals surface area contributed by atoms with Crippen molar-refractivity contribution in [1.82, 2.24) is 15.0 Å². The van der Waals surface area contributed by atoms with Crippen LogP contribution in [-0.2, 0) is 28.8 Å². The minimum absolute atomic E-state index is 0.168. The molecule has 35 heavy (non-hydrogen) atoms. The molecule has 3 heterocycles. The monoisotopic (exact) mass is 471 g/mol. The van der Waals surface area contributed by atoms with Crippen molar-refractivity contribution >= 4 is 5.91 Å². The first kappa shape index (κ1) is 22.5. The predicted molar refractivity (Wildman–Crippen MR) is 133 cm³/mol. The van der Waals surface area contributed by atoms with Crippen molar-refractivity contribution < 1.29 is 14.1 Å². The molecule has 1 aliphatic carbocycles. The molecule has 0 N–H and O–H groups in total. The third-order valence-electron chi connectivity index (χ3n) is 7.89. The second-order valence-corrected chi connectivity index (χ2v) is 10.3. The molecule has 6 heteroatoms. The van der Waals surface area contributed by atoms with E-state index in [1.807, 2.05) is 4.90 Å². The highest BCUT2D eigenvalue weighted by atomic mass is 16.5. The first-order chi connectivity index (χ1) is 17.2. The van der Waals surface area contributed by atoms with Crippen molar-refractivity contribution in [2.24, 2.45) is 5.92 Å². The lowest BCUT2D eigenvalue weighted by Gasteiger charge is -2.35. The van der Waals surface area contributed by atoms with Gasteiger partial charge in [0.2, 0.25) is 11.8 Å². The number of benzene rings is 2. The smallest absolute Gasteiger partial charge is 0.226 e. The lowest BCUT2D eigenvalue weighted by Crippen LogP contribution is -2.43. The van der Waals surface area contributed by atoms with E-state index in [1.165, 1.54) is 27.8 Å². The summed E-state index contributed by atoms with van der Waals surface area (Å²) >= 11 is 0. The van der Waals surface area contributed by atoms with Crippen LogP contribution in [0.3, 0.4) is 0 Å². The van der Waals surface area contributed by atoms with Gasteiger partial charge >= 0.3 is 0 Å². The van der Waals surface area contributed by atoms with Crippen LogP contribution < -0.4 is 0 Å². The van der Waals surface area contributed by atoms with E-state index in [9.17, 15) is 4.79 Å². The zero-order valence-electron chi connectivity index (χ0n) is 20.2. The summed E-state index contributed by atoms with van der Waals surface area (Å²) in [5.74, 6) is 2.44. The van der Waals surface area contributed by atoms with E-state index in [2.05, 4.69) is 47.6 Å². The molecular formula is C29H33N3O3. The number of hydrogen-bond donors (Lipinski definition) is 0. The van der Waals surface area contributed by atoms with Gasteiger partial charge in [0, 0.05) is 45.1 Å². The van der Waals surface area contributed by atoms with Gasteiger partial charge in [0.15, 0.2) is 5.82 Å². The number of nitrogens with zero attached hydrogens (tertiary/aromatic N) is 3. The van der Waals surface area contributed by atoms with Crippen LogP contribution in [0.15, 0.2) is 47.0 Å². The number of aromatic nitrogens is 2. The first-order valence-corrected chi connectivity index (χ1v) is 13.1. The summed E-state index contributed by atoms with van der Waals surface area (Å²) < 4.78 is 11.1. The van der Waals surface area contributed by atoms with Crippen molar-refractivity contribution in [3.63, 3.8) is 0 Å². The normalized spacial score (nSPS) is 20.2. The molecule has 1 aromatic heterocycles. The zero-order valence-corrected chi connectivity index (χ0v) is 20.2. The highest BCUT2D eigenvalue weighted by Crippen LogP contribution is 2.37. The summed E-state index contributed by atoms with van der Waals surface area (Å²) in [6.07, 6.45) is 7.23. The molecule has 2 saturated heterocycles. The number of ether oxygens (including phenoxy) is 1. The maximum absolute atomic E-state index is 12.5. The average Bonchev–Trinajstić information content (AvgIpc) is 3.51. The standard InChI is InChI=1S/C29H33N3O3/c33-28-11-10-24(19-32(28)18-21-12-14-34-15-13-21)29-30-27(35-31-29)7-3-4-20-8-9-23-17-22-5-1-2-6-25(22)26(23)16-20/h1-2,5-6,8-9,16,21,24H,3-4,7,10-15,17-19H2. The summed E-state index contributed by atoms with van der Waals surface area (Å²) in [6.45, 7) is 3.15. The van der Waals surface area contributed by atoms with Crippen LogP contribution >= 0.6 is 0 Å². The van der Waals surface area contributed by atoms with Crippen molar-refractivity contribution in [3.05, 3.63) is 70.9 Å². The Morgan fingerprint density at radius 1 is 0.971 bits per heavy atom. The van der Waals surface area contributed by atoms with Gasteiger partial charge in [0.05, 0.1) is 0 Å². The summed E-state index contributed by atoms with van der Waals surface area (Å²) in [5.41, 5.74) is 6.97. The SMILES string of the molecule is O=C1CCC(c2noc(CCCc3ccc4c(c3)-c3ccccc3C4)n2)CN1CC1CCOCC1. The van der Waals surface area contributed by atoms with Gasteiger partial charge in [-0.1, -0.05) is 47.6 Å². The minimum Gasteiger partial charge on any atom is -0.381 e. The Morgan fingerprint density at radius 3 is 2.74 bits per heavy atom. The largest absolute Gasteiger partial charge is 0.381 e. The van der Waals surface area contributed by atoms with E-state index in [1.54, 1.807) is 0 Å². The third-order valence-corrected chi connectivity index (χ3v) is 7.89. The quantitative estimate of drug-likeness (QED) is 0.382. The molecule has 2 aromatic carbocycles. The number of fused-ring (bicyclic) bond motifs is 3. The third kappa shape index (κ3) is 4.90. The van der Waals surface area contributed by atoms with Gasteiger partial charge in [-0.15, -0.1) is 0 Å². The molecule has 0 saturated carbocycles. The fourth-order valence-corrected chi connectivity index (χ4v) is 5.85. The number of likely N-dealkylation sites (tertiary alicyclic amines) is 1. The van der Waals surface area contributed by atoms with Crippen LogP contribution in [-0.4, -0.2) is 47.3 Å². The molecule has 182 valence electrons. The molecule has 1 amide bonds. The second kappa shape index (κ2) is 9.94. The maximum atomic E-state index is 12.5. The van der Waals surface area contributed by atoms with Crippen LogP contribution in [0.1, 0.15) is 66.4 Å². The Bertz CT molecular complexity index is 1200. The van der Waals surface area contributed by atoms with E-state index in [0.29, 0.717) is 24.8 Å². The molecule has 2 fully saturated rings. The summed E-state index contributed by atoms with van der Waals surface area (Å²) in [4.78, 5) is 19.2. The van der Waals surface area contributed by atoms with E-state index >= 15 is 0 Å². The highest BCUT2D eigenvalue weighted by Gasteiger charge is 2.31. The summed E-state index contributed by atoms with van der Waals surface area (Å²) in [5, 5.41) is 4.30. The van der Waals surface area contributed by atoms with Gasteiger partial charge in [-0.3, -0.25) is 4.79 Å². The van der Waals surface area contributed by atoms with Crippen molar-refractivity contribution in [2.75, 3.05) is 26.3 Å². The Balaban J connectivity index is 1.04. The van der Waals surface area contributed by atoms with Crippen molar-refractivity contribution in [3.8, 4) is 11.1 Å². The molecule has 0 spiro atoms. The zero-order chi connectivity index (χ0) is 23.6. The topological polar surface area (TPSA) is 68.5 Å². The molecule has 3 aliphatic rings. The number of carbonyl (C=O) groups excluding carboxylic acids is 1. The molecular weight excluding hydrogens is 438 g/mol. The number of aryl methyl sites for hydroxylation is 2. The molecule has 6 rings (SSSR count). The lowest BCUT2D eigenvalue weighted by molar-refractivity contribution is -0.135. The van der Waals surface area contributed by atoms with Gasteiger partial charge in [-0.25, -0.2) is 0 Å². The van der Waals surface area contributed by atoms with Gasteiger partial charge in [0.1, 0.15) is 0 Å². The van der Waals surface area contributed by atoms with E-state index in [4.69, 9.17) is 14.2 Å². The van der Waals surface area contributed by atoms with Crippen LogP contribution in [0.4, 0.5) is 0 Å². The Labute approximate surface area is 206 Å². The Morgan fingerprint density at radius 2 is 1.83 bits per heavy atom. The Hall–Kier alpha value is -2.99. The summed E-state index contributed by atoms with van der Waals surface area (Å²) in [6, 6.07) is 15.6. The molecule has 1 unspecified atom stereocenters. The van der Waals surface area contributed by atoms with E-state index < -0.39 is 0 Å². The van der Waals surface area contributed by atoms with Crippen LogP contribution in [0.2, 0.25) is 0 Å². The second-order valence-electron chi connectivity index (χ2n) is 10.3. The number of rotatable bonds is 7. The minimum atomic E-state index is 0.168. The number of carbonyl (C=O) groups is 1. The lowest BCUT2D eigenvalue weighted by atomic mass is 9.93. The Kier molecular flexibility index (Phi) is 6.38. The van der Waals surface area contributed by atoms with Crippen LogP contribution in [0.25, 0.3) is 11.1 Å². The van der Waals surface area contributed by atoms with Gasteiger partial charge in [0.25, 0.3) is 0 Å². The fraction of sp³-hybridized carbons (Fsp3) is 0.483. The van der Waals surface area contributed by atoms with Gasteiger partial charge in [-0.2, -0.15) is 4.98 Å². The molecule has 3 aromatic rings. The molecule has 6 nitrogen and oxygen atoms in total. The van der Waals surface area contributed by atoms with Gasteiger partial charge in [-0.05, 0) is 72.3 Å². The van der Waals surface area contributed by atoms with E-state index in [-0.39, 0.29) is 11.8 Å². The number of piperidine rings is 1. The maximum Gasteiger partial charge on any atom is 0.226 e. The van der Waals surface area contributed by atoms with E-state index in [0.717, 1.165) is 70.5 Å². The number of amides is 1. The highest BCUT2D eigenvalue weighted by molar-refractivity contribution is 5.77. The molecule has 1 atom stereocenters. The number of hydrogen-bond acceptors (Lipinski definition) is 5. The summed E-state index contributed by atoms with van der Waals surface area (Å²) in [7, 11) is 0. The van der Waals surface area contributed by atoms with Crippen LogP contribution in [0, 0.1) is 5.92 Å².